The van der Waals surface area contributed by atoms with E-state index in [9.17, 15) is 18.5 Å². The summed E-state index contributed by atoms with van der Waals surface area (Å²) in [6.45, 7) is 1.54. The van der Waals surface area contributed by atoms with Crippen LogP contribution >= 0.6 is 0 Å². The third-order valence-corrected chi connectivity index (χ3v) is 6.15. The Balaban J connectivity index is 1.99. The Hall–Kier alpha value is -2.81. The number of nitrogens with zero attached hydrogens (tertiary/aromatic N) is 3. The van der Waals surface area contributed by atoms with Crippen molar-refractivity contribution in [3.8, 4) is 6.07 Å². The van der Waals surface area contributed by atoms with E-state index in [4.69, 9.17) is 10.0 Å². The number of nitriles is 1. The highest BCUT2D eigenvalue weighted by Crippen LogP contribution is 2.29. The molecule has 0 spiro atoms. The molecule has 0 saturated heterocycles. The zero-order chi connectivity index (χ0) is 20.6. The van der Waals surface area contributed by atoms with E-state index in [1.165, 1.54) is 16.8 Å². The average molecular weight is 406 g/mol. The number of aromatic nitrogens is 2. The SMILES string of the molecule is CC(O)C1CCc2c(cn(C)c2C(=O)Nc2cc(F)nc(C#N)c2)S(=N)(=O)N1. The van der Waals surface area contributed by atoms with Gasteiger partial charge in [0.25, 0.3) is 5.91 Å². The number of aryl methyl sites for hydroxylation is 1. The van der Waals surface area contributed by atoms with E-state index >= 15 is 0 Å². The zero-order valence-corrected chi connectivity index (χ0v) is 16.0. The second kappa shape index (κ2) is 7.31. The summed E-state index contributed by atoms with van der Waals surface area (Å²) in [6, 6.07) is 3.38. The fourth-order valence-electron chi connectivity index (χ4n) is 3.23. The van der Waals surface area contributed by atoms with Crippen LogP contribution in [0.25, 0.3) is 0 Å². The molecule has 148 valence electrons. The van der Waals surface area contributed by atoms with Crippen LogP contribution in [-0.4, -0.2) is 36.9 Å². The van der Waals surface area contributed by atoms with Gasteiger partial charge >= 0.3 is 0 Å². The third-order valence-electron chi connectivity index (χ3n) is 4.54. The third kappa shape index (κ3) is 3.75. The van der Waals surface area contributed by atoms with Crippen LogP contribution < -0.4 is 10.0 Å². The van der Waals surface area contributed by atoms with Gasteiger partial charge in [0.1, 0.15) is 27.4 Å². The molecular weight excluding hydrogens is 387 g/mol. The lowest BCUT2D eigenvalue weighted by molar-refractivity contribution is 0.101. The molecular formula is C17H19FN6O3S. The minimum atomic E-state index is -3.42. The van der Waals surface area contributed by atoms with Crippen molar-refractivity contribution in [3.63, 3.8) is 0 Å². The molecule has 3 unspecified atom stereocenters. The van der Waals surface area contributed by atoms with E-state index in [0.29, 0.717) is 18.4 Å². The van der Waals surface area contributed by atoms with Crippen molar-refractivity contribution in [1.29, 1.82) is 10.0 Å². The van der Waals surface area contributed by atoms with Crippen LogP contribution in [0.15, 0.2) is 23.2 Å². The van der Waals surface area contributed by atoms with Crippen molar-refractivity contribution in [1.82, 2.24) is 14.3 Å². The van der Waals surface area contributed by atoms with Crippen molar-refractivity contribution >= 4 is 21.5 Å². The topological polar surface area (TPSA) is 144 Å². The number of amides is 1. The molecule has 0 bridgehead atoms. The van der Waals surface area contributed by atoms with Gasteiger partial charge in [-0.25, -0.2) is 18.7 Å². The summed E-state index contributed by atoms with van der Waals surface area (Å²) < 4.78 is 38.7. The fourth-order valence-corrected chi connectivity index (χ4v) is 4.95. The number of fused-ring (bicyclic) bond motifs is 1. The molecule has 3 atom stereocenters. The Kier molecular flexibility index (Phi) is 5.20. The van der Waals surface area contributed by atoms with Crippen molar-refractivity contribution < 1.29 is 18.5 Å². The van der Waals surface area contributed by atoms with E-state index in [1.807, 2.05) is 0 Å². The number of aliphatic hydroxyl groups excluding tert-OH is 1. The number of nitrogens with one attached hydrogen (secondary N) is 3. The Morgan fingerprint density at radius 3 is 2.96 bits per heavy atom. The normalized spacial score (nSPS) is 22.6. The largest absolute Gasteiger partial charge is 0.392 e. The highest BCUT2D eigenvalue weighted by Gasteiger charge is 2.32. The molecule has 11 heteroatoms. The summed E-state index contributed by atoms with van der Waals surface area (Å²) in [4.78, 5) is 16.4. The van der Waals surface area contributed by atoms with Crippen molar-refractivity contribution in [2.75, 3.05) is 5.32 Å². The molecule has 9 nitrogen and oxygen atoms in total. The summed E-state index contributed by atoms with van der Waals surface area (Å²) in [5, 5.41) is 21.2. The number of carbonyl (C=O) groups is 1. The average Bonchev–Trinajstić information content (AvgIpc) is 2.88. The maximum absolute atomic E-state index is 13.5. The molecule has 0 fully saturated rings. The van der Waals surface area contributed by atoms with Crippen LogP contribution in [0.2, 0.25) is 0 Å². The first-order chi connectivity index (χ1) is 13.1. The summed E-state index contributed by atoms with van der Waals surface area (Å²) in [5.41, 5.74) is 0.493. The molecule has 2 aromatic heterocycles. The summed E-state index contributed by atoms with van der Waals surface area (Å²) >= 11 is 0. The van der Waals surface area contributed by atoms with Gasteiger partial charge in [0.15, 0.2) is 0 Å². The van der Waals surface area contributed by atoms with Gasteiger partial charge in [-0.1, -0.05) is 0 Å². The summed E-state index contributed by atoms with van der Waals surface area (Å²) in [5.74, 6) is -1.50. The second-order valence-corrected chi connectivity index (χ2v) is 8.41. The van der Waals surface area contributed by atoms with E-state index in [-0.39, 0.29) is 22.0 Å². The number of rotatable bonds is 3. The number of anilines is 1. The molecule has 28 heavy (non-hydrogen) atoms. The van der Waals surface area contributed by atoms with Gasteiger partial charge in [0, 0.05) is 36.6 Å². The van der Waals surface area contributed by atoms with Gasteiger partial charge in [-0.15, -0.1) is 0 Å². The first-order valence-electron chi connectivity index (χ1n) is 8.43. The highest BCUT2D eigenvalue weighted by atomic mass is 32.2. The van der Waals surface area contributed by atoms with Gasteiger partial charge in [0.2, 0.25) is 5.95 Å². The highest BCUT2D eigenvalue weighted by molar-refractivity contribution is 7.90. The molecule has 0 radical (unpaired) electrons. The number of hydrogen-bond donors (Lipinski definition) is 4. The monoisotopic (exact) mass is 406 g/mol. The Bertz CT molecular complexity index is 1090. The van der Waals surface area contributed by atoms with Gasteiger partial charge in [-0.05, 0) is 25.8 Å². The molecule has 0 aliphatic carbocycles. The minimum Gasteiger partial charge on any atom is -0.392 e. The van der Waals surface area contributed by atoms with Crippen LogP contribution in [0.3, 0.4) is 0 Å². The van der Waals surface area contributed by atoms with Crippen molar-refractivity contribution in [2.45, 2.75) is 36.8 Å². The van der Waals surface area contributed by atoms with E-state index < -0.39 is 33.9 Å². The minimum absolute atomic E-state index is 0.0595. The molecule has 3 rings (SSSR count). The Morgan fingerprint density at radius 2 is 2.32 bits per heavy atom. The number of aliphatic hydroxyl groups is 1. The molecule has 0 saturated carbocycles. The Labute approximate surface area is 161 Å². The molecule has 1 amide bonds. The number of carbonyl (C=O) groups excluding carboxylic acids is 1. The van der Waals surface area contributed by atoms with Crippen LogP contribution in [0.5, 0.6) is 0 Å². The number of hydrogen-bond acceptors (Lipinski definition) is 6. The first kappa shape index (κ1) is 19.9. The van der Waals surface area contributed by atoms with Crippen LogP contribution in [0, 0.1) is 22.1 Å². The number of pyridine rings is 1. The predicted octanol–water partition coefficient (Wildman–Crippen LogP) is 1.29. The van der Waals surface area contributed by atoms with Crippen molar-refractivity contribution in [2.24, 2.45) is 7.05 Å². The fraction of sp³-hybridized carbons (Fsp3) is 0.353. The maximum atomic E-state index is 13.5. The predicted molar refractivity (Wildman–Crippen MR) is 98.3 cm³/mol. The first-order valence-corrected chi connectivity index (χ1v) is 9.99. The molecule has 1 aliphatic heterocycles. The molecule has 1 aliphatic rings. The lowest BCUT2D eigenvalue weighted by Crippen LogP contribution is -2.40. The zero-order valence-electron chi connectivity index (χ0n) is 15.2. The smallest absolute Gasteiger partial charge is 0.272 e. The van der Waals surface area contributed by atoms with E-state index in [0.717, 1.165) is 6.07 Å². The van der Waals surface area contributed by atoms with Gasteiger partial charge in [-0.2, -0.15) is 9.65 Å². The van der Waals surface area contributed by atoms with E-state index in [1.54, 1.807) is 20.0 Å². The second-order valence-electron chi connectivity index (χ2n) is 6.62. The lowest BCUT2D eigenvalue weighted by Gasteiger charge is -2.19. The quantitative estimate of drug-likeness (QED) is 0.568. The Morgan fingerprint density at radius 1 is 1.61 bits per heavy atom. The maximum Gasteiger partial charge on any atom is 0.272 e. The number of halogens is 1. The molecule has 0 aromatic carbocycles. The van der Waals surface area contributed by atoms with Gasteiger partial charge < -0.3 is 15.0 Å². The molecule has 3 heterocycles. The molecule has 2 aromatic rings. The summed E-state index contributed by atoms with van der Waals surface area (Å²) in [7, 11) is -1.84. The van der Waals surface area contributed by atoms with Crippen LogP contribution in [0.1, 0.15) is 35.1 Å². The van der Waals surface area contributed by atoms with Gasteiger partial charge in [-0.3, -0.25) is 4.79 Å². The van der Waals surface area contributed by atoms with Crippen LogP contribution in [0.4, 0.5) is 10.1 Å². The van der Waals surface area contributed by atoms with Crippen LogP contribution in [-0.2, 0) is 23.4 Å². The standard InChI is InChI=1S/C17H19FN6O3S/c1-9(25)13-4-3-12-14(28(20,27)23-13)8-24(2)16(12)17(26)22-10-5-11(7-19)21-15(18)6-10/h5-6,8-9,13,25H,3-4H2,1-2H3,(H2,20,23,27)(H,21,22,26). The summed E-state index contributed by atoms with van der Waals surface area (Å²) in [6.07, 6.45) is 1.34. The van der Waals surface area contributed by atoms with Gasteiger partial charge in [0.05, 0.1) is 11.0 Å². The lowest BCUT2D eigenvalue weighted by atomic mass is 10.0. The van der Waals surface area contributed by atoms with Crippen molar-refractivity contribution in [3.05, 3.63) is 41.2 Å². The molecule has 4 N–H and O–H groups in total. The van der Waals surface area contributed by atoms with E-state index in [2.05, 4.69) is 15.0 Å².